The highest BCUT2D eigenvalue weighted by Crippen LogP contribution is 2.38. The van der Waals surface area contributed by atoms with Crippen molar-refractivity contribution in [2.45, 2.75) is 19.3 Å². The quantitative estimate of drug-likeness (QED) is 0.815. The molecule has 0 atom stereocenters. The molecule has 0 saturated carbocycles. The van der Waals surface area contributed by atoms with E-state index in [0.29, 0.717) is 0 Å². The molecule has 6 heteroatoms. The van der Waals surface area contributed by atoms with Crippen LogP contribution in [0, 0.1) is 5.82 Å². The number of aromatic hydroxyl groups is 1. The lowest BCUT2D eigenvalue weighted by Gasteiger charge is -2.14. The number of hydrogen-bond acceptors (Lipinski definition) is 4. The number of hydrogen-bond donors (Lipinski definition) is 2. The van der Waals surface area contributed by atoms with Crippen LogP contribution < -0.4 is 9.47 Å². The fraction of sp³-hybridized carbons (Fsp3) is 0.417. The number of carboxylic acid groups (broad SMARTS) is 1. The summed E-state index contributed by atoms with van der Waals surface area (Å²) in [5, 5.41) is 18.0. The van der Waals surface area contributed by atoms with Crippen molar-refractivity contribution in [2.75, 3.05) is 14.2 Å². The van der Waals surface area contributed by atoms with Crippen LogP contribution in [0.5, 0.6) is 17.2 Å². The number of benzene rings is 1. The zero-order chi connectivity index (χ0) is 13.7. The number of carbonyl (C=O) groups is 1. The van der Waals surface area contributed by atoms with Gasteiger partial charge in [-0.15, -0.1) is 0 Å². The number of rotatable bonds is 6. The van der Waals surface area contributed by atoms with E-state index in [1.165, 1.54) is 14.2 Å². The van der Waals surface area contributed by atoms with Crippen LogP contribution in [0.2, 0.25) is 0 Å². The Labute approximate surface area is 104 Å². The monoisotopic (exact) mass is 258 g/mol. The van der Waals surface area contributed by atoms with Gasteiger partial charge in [0.05, 0.1) is 14.2 Å². The van der Waals surface area contributed by atoms with E-state index in [1.54, 1.807) is 0 Å². The van der Waals surface area contributed by atoms with E-state index in [2.05, 4.69) is 0 Å². The fourth-order valence-corrected chi connectivity index (χ4v) is 1.67. The number of methoxy groups -OCH3 is 2. The SMILES string of the molecule is COc1cc(O)c(F)c(CCCC(=O)O)c1OC. The molecule has 0 aromatic heterocycles. The van der Waals surface area contributed by atoms with Crippen molar-refractivity contribution < 1.29 is 28.9 Å². The van der Waals surface area contributed by atoms with E-state index >= 15 is 0 Å². The summed E-state index contributed by atoms with van der Waals surface area (Å²) < 4.78 is 23.8. The number of halogens is 1. The molecular formula is C12H15FO5. The minimum Gasteiger partial charge on any atom is -0.505 e. The minimum absolute atomic E-state index is 0.0828. The highest BCUT2D eigenvalue weighted by molar-refractivity contribution is 5.66. The largest absolute Gasteiger partial charge is 0.505 e. The first-order valence-electron chi connectivity index (χ1n) is 5.35. The summed E-state index contributed by atoms with van der Waals surface area (Å²) in [5.41, 5.74) is 0.121. The molecule has 0 aliphatic carbocycles. The summed E-state index contributed by atoms with van der Waals surface area (Å²) in [4.78, 5) is 10.4. The van der Waals surface area contributed by atoms with E-state index in [1.807, 2.05) is 0 Å². The van der Waals surface area contributed by atoms with Crippen molar-refractivity contribution in [3.63, 3.8) is 0 Å². The highest BCUT2D eigenvalue weighted by Gasteiger charge is 2.19. The summed E-state index contributed by atoms with van der Waals surface area (Å²) in [6, 6.07) is 1.12. The normalized spacial score (nSPS) is 10.2. The van der Waals surface area contributed by atoms with Crippen molar-refractivity contribution in [2.24, 2.45) is 0 Å². The maximum atomic E-state index is 13.8. The molecule has 0 aliphatic heterocycles. The van der Waals surface area contributed by atoms with Crippen molar-refractivity contribution in [3.8, 4) is 17.2 Å². The van der Waals surface area contributed by atoms with Crippen molar-refractivity contribution in [3.05, 3.63) is 17.4 Å². The maximum Gasteiger partial charge on any atom is 0.303 e. The number of phenolic OH excluding ortho intramolecular Hbond substituents is 1. The number of carboxylic acids is 1. The van der Waals surface area contributed by atoms with Gasteiger partial charge < -0.3 is 19.7 Å². The Kier molecular flexibility index (Phi) is 4.76. The standard InChI is InChI=1S/C12H15FO5/c1-17-9-6-8(14)11(13)7(12(9)18-2)4-3-5-10(15)16/h6,14H,3-5H2,1-2H3,(H,15,16). The van der Waals surface area contributed by atoms with Gasteiger partial charge in [-0.2, -0.15) is 0 Å². The van der Waals surface area contributed by atoms with Crippen LogP contribution in [0.15, 0.2) is 6.07 Å². The summed E-state index contributed by atoms with van der Waals surface area (Å²) in [6.07, 6.45) is 0.307. The molecule has 1 aromatic rings. The lowest BCUT2D eigenvalue weighted by Crippen LogP contribution is -2.02. The summed E-state index contributed by atoms with van der Waals surface area (Å²) in [5.74, 6) is -1.92. The van der Waals surface area contributed by atoms with Crippen LogP contribution >= 0.6 is 0 Å². The number of ether oxygens (including phenoxy) is 2. The van der Waals surface area contributed by atoms with Crippen LogP contribution in [-0.2, 0) is 11.2 Å². The highest BCUT2D eigenvalue weighted by atomic mass is 19.1. The molecule has 0 bridgehead atoms. The van der Waals surface area contributed by atoms with Gasteiger partial charge >= 0.3 is 5.97 Å². The van der Waals surface area contributed by atoms with E-state index in [9.17, 15) is 14.3 Å². The second-order valence-corrected chi connectivity index (χ2v) is 3.67. The van der Waals surface area contributed by atoms with Gasteiger partial charge in [-0.3, -0.25) is 4.79 Å². The summed E-state index contributed by atoms with van der Waals surface area (Å²) in [7, 11) is 2.73. The Hall–Kier alpha value is -1.98. The molecule has 0 fully saturated rings. The average Bonchev–Trinajstić information content (AvgIpc) is 2.33. The third kappa shape index (κ3) is 3.03. The molecule has 0 saturated heterocycles. The fourth-order valence-electron chi connectivity index (χ4n) is 1.67. The Morgan fingerprint density at radius 1 is 1.39 bits per heavy atom. The first-order chi connectivity index (χ1) is 8.51. The van der Waals surface area contributed by atoms with Gasteiger partial charge in [0.2, 0.25) is 0 Å². The molecule has 0 aliphatic rings. The van der Waals surface area contributed by atoms with Gasteiger partial charge in [-0.1, -0.05) is 0 Å². The van der Waals surface area contributed by atoms with Crippen LogP contribution in [0.1, 0.15) is 18.4 Å². The zero-order valence-electron chi connectivity index (χ0n) is 10.2. The van der Waals surface area contributed by atoms with Crippen molar-refractivity contribution in [1.82, 2.24) is 0 Å². The smallest absolute Gasteiger partial charge is 0.303 e. The van der Waals surface area contributed by atoms with E-state index in [4.69, 9.17) is 14.6 Å². The molecule has 1 rings (SSSR count). The zero-order valence-corrected chi connectivity index (χ0v) is 10.2. The summed E-state index contributed by atoms with van der Waals surface area (Å²) >= 11 is 0. The second kappa shape index (κ2) is 6.09. The van der Waals surface area contributed by atoms with Crippen LogP contribution in [-0.4, -0.2) is 30.4 Å². The van der Waals surface area contributed by atoms with Gasteiger partial charge in [0.15, 0.2) is 23.1 Å². The molecular weight excluding hydrogens is 243 g/mol. The maximum absolute atomic E-state index is 13.8. The van der Waals surface area contributed by atoms with Gasteiger partial charge in [0.25, 0.3) is 0 Å². The summed E-state index contributed by atoms with van der Waals surface area (Å²) in [6.45, 7) is 0. The number of phenols is 1. The van der Waals surface area contributed by atoms with Crippen molar-refractivity contribution >= 4 is 5.97 Å². The van der Waals surface area contributed by atoms with E-state index in [-0.39, 0.29) is 36.3 Å². The molecule has 0 unspecified atom stereocenters. The first-order valence-corrected chi connectivity index (χ1v) is 5.35. The van der Waals surface area contributed by atoms with E-state index in [0.717, 1.165) is 6.07 Å². The molecule has 2 N–H and O–H groups in total. The molecule has 0 amide bonds. The predicted octanol–water partition coefficient (Wildman–Crippen LogP) is 1.96. The molecule has 0 radical (unpaired) electrons. The van der Waals surface area contributed by atoms with Gasteiger partial charge in [0.1, 0.15) is 0 Å². The van der Waals surface area contributed by atoms with Crippen LogP contribution in [0.4, 0.5) is 4.39 Å². The average molecular weight is 258 g/mol. The first kappa shape index (κ1) is 14.1. The van der Waals surface area contributed by atoms with Crippen molar-refractivity contribution in [1.29, 1.82) is 0 Å². The lowest BCUT2D eigenvalue weighted by atomic mass is 10.0. The Balaban J connectivity index is 3.06. The van der Waals surface area contributed by atoms with Gasteiger partial charge in [0, 0.05) is 18.1 Å². The minimum atomic E-state index is -0.957. The molecule has 1 aromatic carbocycles. The topological polar surface area (TPSA) is 76.0 Å². The van der Waals surface area contributed by atoms with Crippen LogP contribution in [0.25, 0.3) is 0 Å². The molecule has 5 nitrogen and oxygen atoms in total. The lowest BCUT2D eigenvalue weighted by molar-refractivity contribution is -0.137. The molecule has 100 valence electrons. The third-order valence-corrected chi connectivity index (χ3v) is 2.50. The predicted molar refractivity (Wildman–Crippen MR) is 61.7 cm³/mol. The van der Waals surface area contributed by atoms with E-state index < -0.39 is 17.5 Å². The van der Waals surface area contributed by atoms with Crippen LogP contribution in [0.3, 0.4) is 0 Å². The Bertz CT molecular complexity index is 445. The Morgan fingerprint density at radius 2 is 2.06 bits per heavy atom. The van der Waals surface area contributed by atoms with Gasteiger partial charge in [-0.25, -0.2) is 4.39 Å². The molecule has 0 spiro atoms. The second-order valence-electron chi connectivity index (χ2n) is 3.67. The molecule has 18 heavy (non-hydrogen) atoms. The Morgan fingerprint density at radius 3 is 2.56 bits per heavy atom. The molecule has 0 heterocycles. The van der Waals surface area contributed by atoms with Gasteiger partial charge in [-0.05, 0) is 12.8 Å². The number of aliphatic carboxylic acids is 1. The third-order valence-electron chi connectivity index (χ3n) is 2.50.